The number of carbonyl (C=O) groups excluding carboxylic acids is 1. The molecule has 1 fully saturated rings. The highest BCUT2D eigenvalue weighted by Gasteiger charge is 2.13. The molecule has 1 amide bonds. The lowest BCUT2D eigenvalue weighted by molar-refractivity contribution is -0.115. The molecule has 0 spiro atoms. The van der Waals surface area contributed by atoms with Crippen LogP contribution in [0.25, 0.3) is 0 Å². The molecule has 4 rings (SSSR count). The molecule has 0 atom stereocenters. The number of carbonyl (C=O) groups is 1. The van der Waals surface area contributed by atoms with Crippen LogP contribution in [0.4, 0.5) is 17.1 Å². The first kappa shape index (κ1) is 39.3. The number of piperidine rings is 1. The van der Waals surface area contributed by atoms with Crippen molar-refractivity contribution in [2.75, 3.05) is 48.7 Å². The Bertz CT molecular complexity index is 1430. The normalized spacial score (nSPS) is 12.9. The fourth-order valence-corrected chi connectivity index (χ4v) is 5.65. The largest absolute Gasteiger partial charge is 0.385 e. The van der Waals surface area contributed by atoms with Crippen LogP contribution >= 0.6 is 24.4 Å². The Morgan fingerprint density at radius 3 is 2.26 bits per heavy atom. The Hall–Kier alpha value is -3.91. The third-order valence-electron chi connectivity index (χ3n) is 7.28. The van der Waals surface area contributed by atoms with Crippen molar-refractivity contribution in [2.45, 2.75) is 65.3 Å². The Morgan fingerprint density at radius 2 is 1.66 bits per heavy atom. The van der Waals surface area contributed by atoms with Crippen LogP contribution < -0.4 is 16.0 Å². The van der Waals surface area contributed by atoms with Gasteiger partial charge in [-0.3, -0.25) is 15.1 Å². The summed E-state index contributed by atoms with van der Waals surface area (Å²) in [5, 5.41) is 27.1. The molecule has 4 N–H and O–H groups in total. The number of hydrogen-bond donors (Lipinski definition) is 5. The van der Waals surface area contributed by atoms with Gasteiger partial charge in [-0.1, -0.05) is 62.4 Å². The number of allylic oxidation sites excluding steroid dienone is 2. The van der Waals surface area contributed by atoms with Crippen molar-refractivity contribution in [1.82, 2.24) is 9.80 Å². The van der Waals surface area contributed by atoms with E-state index in [0.29, 0.717) is 18.5 Å². The molecule has 10 heteroatoms. The zero-order chi connectivity index (χ0) is 34.4. The fourth-order valence-electron chi connectivity index (χ4n) is 4.66. The number of likely N-dealkylation sites (tertiary alicyclic amines) is 1. The van der Waals surface area contributed by atoms with E-state index in [1.54, 1.807) is 12.1 Å². The summed E-state index contributed by atoms with van der Waals surface area (Å²) >= 11 is 5.93. The summed E-state index contributed by atoms with van der Waals surface area (Å²) in [5.41, 5.74) is 5.63. The lowest BCUT2D eigenvalue weighted by Crippen LogP contribution is -2.33. The standard InChI is InChI=1S/C26H35N5OS2.C9H10N2.C2H6/c1-20(21(2)34-26(27)31(19-32)18-22-9-5-3-6-10-22)29-24-12-11-23(17-25(24)33)28-13-16-30-14-7-4-8-15-30;1-2-11-9-5-3-8(7-10)4-6-9;1-2/h3,5-6,9-12,17,19,27-29,33H,4,7-8,13-16,18H2,1-2H3;3-6,11H,2H2,1H3;1-2H3/b21-20+,27-26?;;. The smallest absolute Gasteiger partial charge is 0.216 e. The van der Waals surface area contributed by atoms with Crippen molar-refractivity contribution >= 4 is 53.0 Å². The van der Waals surface area contributed by atoms with Crippen molar-refractivity contribution in [3.05, 3.63) is 94.5 Å². The van der Waals surface area contributed by atoms with E-state index in [-0.39, 0.29) is 5.17 Å². The minimum absolute atomic E-state index is 0.192. The summed E-state index contributed by atoms with van der Waals surface area (Å²) in [5.74, 6) is 0. The van der Waals surface area contributed by atoms with E-state index in [4.69, 9.17) is 10.7 Å². The maximum absolute atomic E-state index is 11.6. The van der Waals surface area contributed by atoms with Gasteiger partial charge in [0.2, 0.25) is 6.41 Å². The van der Waals surface area contributed by atoms with Crippen LogP contribution in [0.2, 0.25) is 0 Å². The van der Waals surface area contributed by atoms with Gasteiger partial charge in [0.1, 0.15) is 0 Å². The lowest BCUT2D eigenvalue weighted by Gasteiger charge is -2.26. The number of hydrogen-bond acceptors (Lipinski definition) is 9. The third kappa shape index (κ3) is 14.6. The van der Waals surface area contributed by atoms with Crippen LogP contribution in [0.3, 0.4) is 0 Å². The number of nitrogens with one attached hydrogen (secondary N) is 4. The number of thioether (sulfide) groups is 1. The van der Waals surface area contributed by atoms with Crippen molar-refractivity contribution in [1.29, 1.82) is 10.7 Å². The average Bonchev–Trinajstić information content (AvgIpc) is 3.10. The van der Waals surface area contributed by atoms with E-state index < -0.39 is 0 Å². The lowest BCUT2D eigenvalue weighted by atomic mass is 10.1. The van der Waals surface area contributed by atoms with E-state index in [1.807, 2.05) is 89.2 Å². The maximum atomic E-state index is 11.6. The van der Waals surface area contributed by atoms with Gasteiger partial charge < -0.3 is 20.9 Å². The van der Waals surface area contributed by atoms with Crippen LogP contribution in [0.15, 0.2) is 88.3 Å². The SMILES string of the molecule is C/C(Nc1ccc(NCCN2CCCCC2)cc1S)=C(/C)SC(=N)N(C=O)Cc1ccccc1.CC.CCNc1ccc(C#N)cc1. The van der Waals surface area contributed by atoms with E-state index in [9.17, 15) is 4.79 Å². The number of nitriles is 1. The molecule has 0 saturated carbocycles. The molecule has 1 saturated heterocycles. The zero-order valence-electron chi connectivity index (χ0n) is 28.5. The van der Waals surface area contributed by atoms with Gasteiger partial charge in [0.15, 0.2) is 5.17 Å². The minimum atomic E-state index is 0.192. The summed E-state index contributed by atoms with van der Waals surface area (Å²) in [4.78, 5) is 17.3. The number of amides is 1. The molecule has 3 aromatic rings. The van der Waals surface area contributed by atoms with Crippen LogP contribution in [0.5, 0.6) is 0 Å². The van der Waals surface area contributed by atoms with Gasteiger partial charge in [-0.2, -0.15) is 5.26 Å². The van der Waals surface area contributed by atoms with Crippen molar-refractivity contribution in [2.24, 2.45) is 0 Å². The van der Waals surface area contributed by atoms with Gasteiger partial charge in [0.05, 0.1) is 23.9 Å². The first-order valence-electron chi connectivity index (χ1n) is 16.3. The Kier molecular flexibility index (Phi) is 18.9. The molecule has 0 aromatic heterocycles. The number of rotatable bonds is 12. The molecule has 1 aliphatic rings. The molecule has 3 aromatic carbocycles. The number of amidine groups is 1. The minimum Gasteiger partial charge on any atom is -0.385 e. The Balaban J connectivity index is 0.000000496. The van der Waals surface area contributed by atoms with E-state index in [0.717, 1.165) is 57.8 Å². The molecule has 0 aliphatic carbocycles. The second-order valence-corrected chi connectivity index (χ2v) is 12.4. The van der Waals surface area contributed by atoms with Gasteiger partial charge in [-0.05, 0) is 94.7 Å². The van der Waals surface area contributed by atoms with Crippen LogP contribution in [0, 0.1) is 16.7 Å². The number of nitrogens with zero attached hydrogens (tertiary/aromatic N) is 3. The summed E-state index contributed by atoms with van der Waals surface area (Å²) in [6, 6.07) is 25.3. The molecule has 0 radical (unpaired) electrons. The second kappa shape index (κ2) is 22.6. The van der Waals surface area contributed by atoms with Gasteiger partial charge in [0.25, 0.3) is 0 Å². The van der Waals surface area contributed by atoms with Gasteiger partial charge in [-0.25, -0.2) is 0 Å². The molecule has 1 heterocycles. The number of benzene rings is 3. The molecule has 0 unspecified atom stereocenters. The maximum Gasteiger partial charge on any atom is 0.216 e. The van der Waals surface area contributed by atoms with Gasteiger partial charge >= 0.3 is 0 Å². The predicted octanol–water partition coefficient (Wildman–Crippen LogP) is 8.88. The summed E-state index contributed by atoms with van der Waals surface area (Å²) in [7, 11) is 0. The highest BCUT2D eigenvalue weighted by atomic mass is 32.2. The van der Waals surface area contributed by atoms with Crippen LogP contribution in [-0.4, -0.2) is 54.1 Å². The fraction of sp³-hybridized carbons (Fsp3) is 0.378. The highest BCUT2D eigenvalue weighted by Crippen LogP contribution is 2.28. The van der Waals surface area contributed by atoms with Crippen molar-refractivity contribution in [3.8, 4) is 6.07 Å². The number of thiol groups is 1. The first-order valence-corrected chi connectivity index (χ1v) is 17.6. The van der Waals surface area contributed by atoms with Crippen LogP contribution in [0.1, 0.15) is 65.0 Å². The predicted molar refractivity (Wildman–Crippen MR) is 205 cm³/mol. The molecule has 252 valence electrons. The summed E-state index contributed by atoms with van der Waals surface area (Å²) in [6.45, 7) is 15.6. The zero-order valence-corrected chi connectivity index (χ0v) is 30.2. The van der Waals surface area contributed by atoms with Gasteiger partial charge in [-0.15, -0.1) is 12.6 Å². The number of anilines is 3. The molecular weight excluding hydrogens is 623 g/mol. The molecule has 0 bridgehead atoms. The van der Waals surface area contributed by atoms with E-state index >= 15 is 0 Å². The third-order valence-corrected chi connectivity index (χ3v) is 8.69. The van der Waals surface area contributed by atoms with Crippen molar-refractivity contribution < 1.29 is 4.79 Å². The van der Waals surface area contributed by atoms with Gasteiger partial charge in [0, 0.05) is 46.5 Å². The quantitative estimate of drug-likeness (QED) is 0.0566. The first-order chi connectivity index (χ1) is 22.8. The van der Waals surface area contributed by atoms with E-state index in [2.05, 4.69) is 45.6 Å². The van der Waals surface area contributed by atoms with Crippen LogP contribution in [-0.2, 0) is 11.3 Å². The summed E-state index contributed by atoms with van der Waals surface area (Å²) in [6.07, 6.45) is 4.69. The molecule has 47 heavy (non-hydrogen) atoms. The molecule has 8 nitrogen and oxygen atoms in total. The Labute approximate surface area is 291 Å². The molecular formula is C37H51N7OS2. The topological polar surface area (TPSA) is 107 Å². The average molecular weight is 674 g/mol. The molecule has 1 aliphatic heterocycles. The summed E-state index contributed by atoms with van der Waals surface area (Å²) < 4.78 is 0. The Morgan fingerprint density at radius 1 is 1.00 bits per heavy atom. The van der Waals surface area contributed by atoms with Crippen molar-refractivity contribution in [3.63, 3.8) is 0 Å². The second-order valence-electron chi connectivity index (χ2n) is 10.7. The highest BCUT2D eigenvalue weighted by molar-refractivity contribution is 8.17. The monoisotopic (exact) mass is 673 g/mol. The van der Waals surface area contributed by atoms with E-state index in [1.165, 1.54) is 49.0 Å².